The summed E-state index contributed by atoms with van der Waals surface area (Å²) in [5.41, 5.74) is 0. The van der Waals surface area contributed by atoms with Gasteiger partial charge in [0.1, 0.15) is 6.61 Å². The van der Waals surface area contributed by atoms with E-state index in [0.29, 0.717) is 13.2 Å². The van der Waals surface area contributed by atoms with Crippen molar-refractivity contribution >= 4 is 12.3 Å². The van der Waals surface area contributed by atoms with Crippen LogP contribution in [0.25, 0.3) is 0 Å². The van der Waals surface area contributed by atoms with Gasteiger partial charge in [-0.25, -0.2) is 0 Å². The molecule has 0 spiro atoms. The standard InChI is InChI=1S/C7H14N2O2/c1-7(10)11-5-4-8-6-9(2)3/h6H,4-5H2,1-3H3. The zero-order valence-electron chi connectivity index (χ0n) is 7.20. The van der Waals surface area contributed by atoms with Crippen LogP contribution in [-0.4, -0.2) is 44.5 Å². The summed E-state index contributed by atoms with van der Waals surface area (Å²) in [5.74, 6) is -0.259. The molecular formula is C7H14N2O2. The van der Waals surface area contributed by atoms with Gasteiger partial charge in [-0.2, -0.15) is 0 Å². The van der Waals surface area contributed by atoms with Gasteiger partial charge in [-0.05, 0) is 0 Å². The van der Waals surface area contributed by atoms with Crippen molar-refractivity contribution in [2.75, 3.05) is 27.2 Å². The summed E-state index contributed by atoms with van der Waals surface area (Å²) in [6, 6.07) is 0. The minimum Gasteiger partial charge on any atom is -0.464 e. The summed E-state index contributed by atoms with van der Waals surface area (Å²) in [6.07, 6.45) is 1.68. The van der Waals surface area contributed by atoms with E-state index in [9.17, 15) is 4.79 Å². The molecule has 0 aromatic heterocycles. The molecule has 4 nitrogen and oxygen atoms in total. The first kappa shape index (κ1) is 9.94. The van der Waals surface area contributed by atoms with E-state index < -0.39 is 0 Å². The Kier molecular flexibility index (Phi) is 5.15. The Hall–Kier alpha value is -1.06. The summed E-state index contributed by atoms with van der Waals surface area (Å²) in [4.78, 5) is 16.0. The van der Waals surface area contributed by atoms with Crippen LogP contribution in [0.5, 0.6) is 0 Å². The van der Waals surface area contributed by atoms with Crippen molar-refractivity contribution in [1.29, 1.82) is 0 Å². The molecule has 0 N–H and O–H groups in total. The second kappa shape index (κ2) is 5.70. The number of esters is 1. The van der Waals surface area contributed by atoms with Crippen molar-refractivity contribution in [3.63, 3.8) is 0 Å². The van der Waals surface area contributed by atoms with Gasteiger partial charge >= 0.3 is 5.97 Å². The van der Waals surface area contributed by atoms with Crippen LogP contribution in [0.15, 0.2) is 4.99 Å². The molecule has 0 saturated carbocycles. The minimum absolute atomic E-state index is 0.259. The minimum atomic E-state index is -0.259. The third-order valence-corrected chi connectivity index (χ3v) is 0.838. The van der Waals surface area contributed by atoms with Gasteiger partial charge in [0.2, 0.25) is 0 Å². The number of aliphatic imine (C=N–C) groups is 1. The topological polar surface area (TPSA) is 41.9 Å². The summed E-state index contributed by atoms with van der Waals surface area (Å²) in [7, 11) is 3.77. The molecule has 0 aromatic rings. The monoisotopic (exact) mass is 158 g/mol. The molecule has 0 amide bonds. The van der Waals surface area contributed by atoms with Crippen LogP contribution >= 0.6 is 0 Å². The maximum absolute atomic E-state index is 10.3. The molecule has 0 atom stereocenters. The van der Waals surface area contributed by atoms with Gasteiger partial charge in [0, 0.05) is 21.0 Å². The van der Waals surface area contributed by atoms with Gasteiger partial charge in [0.15, 0.2) is 0 Å². The Bertz CT molecular complexity index is 143. The van der Waals surface area contributed by atoms with Crippen molar-refractivity contribution < 1.29 is 9.53 Å². The average molecular weight is 158 g/mol. The Morgan fingerprint density at radius 2 is 2.27 bits per heavy atom. The van der Waals surface area contributed by atoms with Gasteiger partial charge in [-0.15, -0.1) is 0 Å². The number of carbonyl (C=O) groups is 1. The fourth-order valence-electron chi connectivity index (χ4n) is 0.463. The summed E-state index contributed by atoms with van der Waals surface area (Å²) in [6.45, 7) is 2.27. The van der Waals surface area contributed by atoms with E-state index in [4.69, 9.17) is 0 Å². The molecule has 4 heteroatoms. The average Bonchev–Trinajstić information content (AvgIpc) is 1.85. The van der Waals surface area contributed by atoms with E-state index in [1.807, 2.05) is 19.0 Å². The lowest BCUT2D eigenvalue weighted by atomic mass is 10.7. The van der Waals surface area contributed by atoms with Crippen LogP contribution in [0.4, 0.5) is 0 Å². The van der Waals surface area contributed by atoms with Crippen LogP contribution in [-0.2, 0) is 9.53 Å². The molecule has 0 aliphatic heterocycles. The zero-order valence-corrected chi connectivity index (χ0v) is 7.20. The second-order valence-corrected chi connectivity index (χ2v) is 2.33. The van der Waals surface area contributed by atoms with Crippen molar-refractivity contribution in [2.45, 2.75) is 6.92 Å². The summed E-state index contributed by atoms with van der Waals surface area (Å²) in [5, 5.41) is 0. The van der Waals surface area contributed by atoms with Crippen molar-refractivity contribution in [3.05, 3.63) is 0 Å². The second-order valence-electron chi connectivity index (χ2n) is 2.33. The Balaban J connectivity index is 3.20. The summed E-state index contributed by atoms with van der Waals surface area (Å²) >= 11 is 0. The fourth-order valence-corrected chi connectivity index (χ4v) is 0.463. The molecule has 0 aromatic carbocycles. The van der Waals surface area contributed by atoms with Crippen LogP contribution in [0, 0.1) is 0 Å². The number of ether oxygens (including phenoxy) is 1. The van der Waals surface area contributed by atoms with E-state index >= 15 is 0 Å². The van der Waals surface area contributed by atoms with Gasteiger partial charge in [0.25, 0.3) is 0 Å². The fraction of sp³-hybridized carbons (Fsp3) is 0.714. The molecule has 0 heterocycles. The van der Waals surface area contributed by atoms with E-state index in [1.54, 1.807) is 6.34 Å². The van der Waals surface area contributed by atoms with Crippen LogP contribution in [0.1, 0.15) is 6.92 Å². The first-order chi connectivity index (χ1) is 5.13. The highest BCUT2D eigenvalue weighted by molar-refractivity contribution is 5.65. The van der Waals surface area contributed by atoms with Crippen LogP contribution in [0.3, 0.4) is 0 Å². The van der Waals surface area contributed by atoms with Crippen LogP contribution in [0.2, 0.25) is 0 Å². The first-order valence-corrected chi connectivity index (χ1v) is 3.42. The first-order valence-electron chi connectivity index (χ1n) is 3.42. The number of carbonyl (C=O) groups excluding carboxylic acids is 1. The molecule has 0 bridgehead atoms. The number of hydrogen-bond acceptors (Lipinski definition) is 3. The molecule has 0 fully saturated rings. The Morgan fingerprint density at radius 3 is 2.73 bits per heavy atom. The zero-order chi connectivity index (χ0) is 8.69. The smallest absolute Gasteiger partial charge is 0.302 e. The van der Waals surface area contributed by atoms with E-state index in [1.165, 1.54) is 6.92 Å². The normalized spacial score (nSPS) is 10.1. The lowest BCUT2D eigenvalue weighted by Crippen LogP contribution is -2.09. The molecule has 0 radical (unpaired) electrons. The number of nitrogens with zero attached hydrogens (tertiary/aromatic N) is 2. The predicted molar refractivity (Wildman–Crippen MR) is 43.7 cm³/mol. The van der Waals surface area contributed by atoms with Crippen molar-refractivity contribution in [2.24, 2.45) is 4.99 Å². The number of hydrogen-bond donors (Lipinski definition) is 0. The quantitative estimate of drug-likeness (QED) is 0.253. The molecule has 0 unspecified atom stereocenters. The molecule has 0 aliphatic rings. The van der Waals surface area contributed by atoms with Crippen LogP contribution < -0.4 is 0 Å². The Morgan fingerprint density at radius 1 is 1.64 bits per heavy atom. The molecule has 64 valence electrons. The van der Waals surface area contributed by atoms with Gasteiger partial charge < -0.3 is 9.64 Å². The third-order valence-electron chi connectivity index (χ3n) is 0.838. The molecular weight excluding hydrogens is 144 g/mol. The van der Waals surface area contributed by atoms with E-state index in [-0.39, 0.29) is 5.97 Å². The highest BCUT2D eigenvalue weighted by Crippen LogP contribution is 1.77. The predicted octanol–water partition coefficient (Wildman–Crippen LogP) is 0.139. The highest BCUT2D eigenvalue weighted by atomic mass is 16.5. The largest absolute Gasteiger partial charge is 0.464 e. The molecule has 0 rings (SSSR count). The Labute approximate surface area is 66.9 Å². The van der Waals surface area contributed by atoms with Crippen molar-refractivity contribution in [1.82, 2.24) is 4.90 Å². The SMILES string of the molecule is CC(=O)OCCN=CN(C)C. The van der Waals surface area contributed by atoms with E-state index in [2.05, 4.69) is 9.73 Å². The van der Waals surface area contributed by atoms with Gasteiger partial charge in [-0.1, -0.05) is 0 Å². The van der Waals surface area contributed by atoms with Gasteiger partial charge in [0.05, 0.1) is 12.9 Å². The molecule has 0 aliphatic carbocycles. The maximum Gasteiger partial charge on any atom is 0.302 e. The summed E-state index contributed by atoms with van der Waals surface area (Å²) < 4.78 is 4.65. The third kappa shape index (κ3) is 8.94. The van der Waals surface area contributed by atoms with Gasteiger partial charge in [-0.3, -0.25) is 9.79 Å². The van der Waals surface area contributed by atoms with E-state index in [0.717, 1.165) is 0 Å². The maximum atomic E-state index is 10.3. The van der Waals surface area contributed by atoms with Crippen molar-refractivity contribution in [3.8, 4) is 0 Å². The molecule has 0 saturated heterocycles. The molecule has 11 heavy (non-hydrogen) atoms. The highest BCUT2D eigenvalue weighted by Gasteiger charge is 1.88. The number of rotatable bonds is 4. The lowest BCUT2D eigenvalue weighted by molar-refractivity contribution is -0.140. The lowest BCUT2D eigenvalue weighted by Gasteiger charge is -2.02.